The first-order valence-electron chi connectivity index (χ1n) is 11.4. The van der Waals surface area contributed by atoms with E-state index in [9.17, 15) is 23.1 Å². The molecule has 3 heterocycles. The molecule has 1 saturated heterocycles. The lowest BCUT2D eigenvalue weighted by Crippen LogP contribution is -2.68. The maximum Gasteiger partial charge on any atom is 0.416 e. The third kappa shape index (κ3) is 4.95. The van der Waals surface area contributed by atoms with Crippen LogP contribution in [0.15, 0.2) is 36.1 Å². The van der Waals surface area contributed by atoms with Gasteiger partial charge in [-0.05, 0) is 43.7 Å². The van der Waals surface area contributed by atoms with E-state index in [4.69, 9.17) is 0 Å². The predicted molar refractivity (Wildman–Crippen MR) is 125 cm³/mol. The van der Waals surface area contributed by atoms with Crippen molar-refractivity contribution < 1.29 is 23.1 Å². The minimum atomic E-state index is -4.48. The van der Waals surface area contributed by atoms with Gasteiger partial charge >= 0.3 is 6.18 Å². The summed E-state index contributed by atoms with van der Waals surface area (Å²) in [5.41, 5.74) is 0.116. The standard InChI is InChI=1S/C23H25F3N6O2S/c24-23(25,26)15-2-1-14-8-30-32-21(16(14)7-15)29-11-19(33)31-17-9-28-20(17)13-3-5-22(34,6-4-13)18-10-27-12-35-18/h1-2,7-8,10,12-13,17,20,28,34H,3-6,9,11H2,(H,29,32)(H,31,33)/t13-,17?,20?,22+. The monoisotopic (exact) mass is 506 g/mol. The third-order valence-corrected chi connectivity index (χ3v) is 7.98. The number of carbonyl (C=O) groups is 1. The molecule has 0 radical (unpaired) electrons. The molecule has 8 nitrogen and oxygen atoms in total. The van der Waals surface area contributed by atoms with Gasteiger partial charge in [-0.2, -0.15) is 18.3 Å². The van der Waals surface area contributed by atoms with Crippen molar-refractivity contribution in [2.24, 2.45) is 5.92 Å². The second kappa shape index (κ2) is 9.32. The molecule has 35 heavy (non-hydrogen) atoms. The second-order valence-electron chi connectivity index (χ2n) is 9.19. The number of halogens is 3. The number of benzene rings is 1. The van der Waals surface area contributed by atoms with E-state index in [-0.39, 0.29) is 35.7 Å². The van der Waals surface area contributed by atoms with E-state index < -0.39 is 17.3 Å². The van der Waals surface area contributed by atoms with Crippen LogP contribution < -0.4 is 16.0 Å². The molecule has 1 aromatic carbocycles. The van der Waals surface area contributed by atoms with E-state index in [1.807, 2.05) is 0 Å². The summed E-state index contributed by atoms with van der Waals surface area (Å²) in [6.07, 6.45) is 1.61. The minimum absolute atomic E-state index is 0.0423. The van der Waals surface area contributed by atoms with Gasteiger partial charge in [0, 0.05) is 29.6 Å². The summed E-state index contributed by atoms with van der Waals surface area (Å²) < 4.78 is 39.3. The van der Waals surface area contributed by atoms with E-state index in [0.29, 0.717) is 30.7 Å². The van der Waals surface area contributed by atoms with Crippen molar-refractivity contribution in [3.05, 3.63) is 46.5 Å². The van der Waals surface area contributed by atoms with Crippen molar-refractivity contribution in [3.8, 4) is 0 Å². The van der Waals surface area contributed by atoms with Crippen LogP contribution in [0.2, 0.25) is 0 Å². The normalized spacial score (nSPS) is 26.8. The molecule has 5 rings (SSSR count). The molecule has 1 amide bonds. The highest BCUT2D eigenvalue weighted by atomic mass is 32.1. The second-order valence-corrected chi connectivity index (χ2v) is 10.1. The van der Waals surface area contributed by atoms with E-state index in [1.54, 1.807) is 11.7 Å². The third-order valence-electron chi connectivity index (χ3n) is 7.02. The average molecular weight is 507 g/mol. The SMILES string of the molecule is O=C(CNc1nncc2ccc(C(F)(F)F)cc12)NC1CNC1[C@H]1CC[C@](O)(c2cncs2)CC1. The Morgan fingerprint density at radius 2 is 2.06 bits per heavy atom. The molecule has 0 spiro atoms. The summed E-state index contributed by atoms with van der Waals surface area (Å²) in [6, 6.07) is 3.42. The number of nitrogens with one attached hydrogen (secondary N) is 3. The highest BCUT2D eigenvalue weighted by molar-refractivity contribution is 7.09. The molecule has 186 valence electrons. The minimum Gasteiger partial charge on any atom is -0.384 e. The van der Waals surface area contributed by atoms with Gasteiger partial charge in [0.25, 0.3) is 0 Å². The Kier molecular flexibility index (Phi) is 6.36. The summed E-state index contributed by atoms with van der Waals surface area (Å²) in [5.74, 6) is 0.186. The number of anilines is 1. The van der Waals surface area contributed by atoms with Crippen LogP contribution in [-0.4, -0.2) is 51.4 Å². The summed E-state index contributed by atoms with van der Waals surface area (Å²) in [7, 11) is 0. The van der Waals surface area contributed by atoms with Gasteiger partial charge in [-0.3, -0.25) is 9.78 Å². The Bertz CT molecular complexity index is 1200. The maximum atomic E-state index is 13.1. The molecule has 2 unspecified atom stereocenters. The van der Waals surface area contributed by atoms with Gasteiger partial charge in [0.2, 0.25) is 5.91 Å². The highest BCUT2D eigenvalue weighted by Crippen LogP contribution is 2.43. The molecule has 1 aliphatic carbocycles. The van der Waals surface area contributed by atoms with Gasteiger partial charge in [0.05, 0.1) is 34.7 Å². The molecular formula is C23H25F3N6O2S. The van der Waals surface area contributed by atoms with Crippen LogP contribution in [0.4, 0.5) is 19.0 Å². The predicted octanol–water partition coefficient (Wildman–Crippen LogP) is 3.05. The fourth-order valence-corrected chi connectivity index (χ4v) is 5.76. The molecule has 1 aliphatic heterocycles. The van der Waals surface area contributed by atoms with Crippen molar-refractivity contribution in [2.45, 2.75) is 49.5 Å². The Labute approximate surface area is 203 Å². The Balaban J connectivity index is 1.16. The number of amides is 1. The lowest BCUT2D eigenvalue weighted by atomic mass is 9.72. The first-order valence-corrected chi connectivity index (χ1v) is 12.3. The molecule has 2 atom stereocenters. The number of hydrogen-bond donors (Lipinski definition) is 4. The van der Waals surface area contributed by atoms with Crippen LogP contribution in [0.5, 0.6) is 0 Å². The van der Waals surface area contributed by atoms with Crippen molar-refractivity contribution in [3.63, 3.8) is 0 Å². The lowest BCUT2D eigenvalue weighted by Gasteiger charge is -2.47. The number of alkyl halides is 3. The highest BCUT2D eigenvalue weighted by Gasteiger charge is 2.43. The van der Waals surface area contributed by atoms with Crippen LogP contribution in [0.25, 0.3) is 10.8 Å². The molecule has 12 heteroatoms. The summed E-state index contributed by atoms with van der Waals surface area (Å²) in [5, 5.41) is 28.6. The van der Waals surface area contributed by atoms with E-state index >= 15 is 0 Å². The van der Waals surface area contributed by atoms with Crippen LogP contribution in [0, 0.1) is 5.92 Å². The summed E-state index contributed by atoms with van der Waals surface area (Å²) in [4.78, 5) is 17.6. The Morgan fingerprint density at radius 3 is 2.71 bits per heavy atom. The number of fused-ring (bicyclic) bond motifs is 1. The molecule has 2 fully saturated rings. The zero-order chi connectivity index (χ0) is 24.6. The Morgan fingerprint density at radius 1 is 1.26 bits per heavy atom. The molecule has 3 aromatic rings. The van der Waals surface area contributed by atoms with Crippen molar-refractivity contribution in [1.82, 2.24) is 25.8 Å². The molecule has 0 bridgehead atoms. The average Bonchev–Trinajstić information content (AvgIpc) is 3.37. The number of rotatable bonds is 6. The van der Waals surface area contributed by atoms with E-state index in [2.05, 4.69) is 31.1 Å². The zero-order valence-electron chi connectivity index (χ0n) is 18.7. The molecule has 4 N–H and O–H groups in total. The number of carbonyl (C=O) groups excluding carboxylic acids is 1. The van der Waals surface area contributed by atoms with E-state index in [1.165, 1.54) is 23.6 Å². The first-order chi connectivity index (χ1) is 16.7. The van der Waals surface area contributed by atoms with Crippen LogP contribution in [0.1, 0.15) is 36.1 Å². The number of aromatic nitrogens is 3. The van der Waals surface area contributed by atoms with Crippen molar-refractivity contribution in [2.75, 3.05) is 18.4 Å². The van der Waals surface area contributed by atoms with Crippen LogP contribution >= 0.6 is 11.3 Å². The van der Waals surface area contributed by atoms with Gasteiger partial charge in [-0.25, -0.2) is 0 Å². The molecular weight excluding hydrogens is 481 g/mol. The first kappa shape index (κ1) is 23.9. The number of nitrogens with zero attached hydrogens (tertiary/aromatic N) is 3. The Hall–Kier alpha value is -2.83. The smallest absolute Gasteiger partial charge is 0.384 e. The molecule has 2 aliphatic rings. The van der Waals surface area contributed by atoms with Crippen molar-refractivity contribution in [1.29, 1.82) is 0 Å². The number of thiazole rings is 1. The van der Waals surface area contributed by atoms with Gasteiger partial charge < -0.3 is 21.1 Å². The van der Waals surface area contributed by atoms with Gasteiger partial charge in [-0.1, -0.05) is 6.07 Å². The quantitative estimate of drug-likeness (QED) is 0.407. The van der Waals surface area contributed by atoms with Gasteiger partial charge in [0.15, 0.2) is 5.82 Å². The maximum absolute atomic E-state index is 13.1. The fourth-order valence-electron chi connectivity index (χ4n) is 4.98. The largest absolute Gasteiger partial charge is 0.416 e. The van der Waals surface area contributed by atoms with Gasteiger partial charge in [-0.15, -0.1) is 16.4 Å². The lowest BCUT2D eigenvalue weighted by molar-refractivity contribution is -0.137. The molecule has 1 saturated carbocycles. The topological polar surface area (TPSA) is 112 Å². The summed E-state index contributed by atoms with van der Waals surface area (Å²) in [6.45, 7) is 0.512. The number of aliphatic hydroxyl groups is 1. The van der Waals surface area contributed by atoms with Crippen LogP contribution in [-0.2, 0) is 16.6 Å². The van der Waals surface area contributed by atoms with E-state index in [0.717, 1.165) is 29.9 Å². The number of hydrogen-bond acceptors (Lipinski definition) is 8. The van der Waals surface area contributed by atoms with Gasteiger partial charge in [0.1, 0.15) is 5.60 Å². The van der Waals surface area contributed by atoms with Crippen LogP contribution in [0.3, 0.4) is 0 Å². The molecule has 2 aromatic heterocycles. The fraction of sp³-hybridized carbons (Fsp3) is 0.478. The zero-order valence-corrected chi connectivity index (χ0v) is 19.5. The van der Waals surface area contributed by atoms with Crippen molar-refractivity contribution >= 4 is 33.8 Å². The summed E-state index contributed by atoms with van der Waals surface area (Å²) >= 11 is 1.47.